The molecule has 0 radical (unpaired) electrons. The third-order valence-corrected chi connectivity index (χ3v) is 5.28. The Morgan fingerprint density at radius 3 is 1.48 bits per heavy atom. The van der Waals surface area contributed by atoms with Crippen molar-refractivity contribution in [3.8, 4) is 0 Å². The van der Waals surface area contributed by atoms with Gasteiger partial charge in [0.05, 0.1) is 0 Å². The molecule has 25 heavy (non-hydrogen) atoms. The van der Waals surface area contributed by atoms with E-state index in [1.807, 2.05) is 54.7 Å². The van der Waals surface area contributed by atoms with Gasteiger partial charge >= 0.3 is 0 Å². The number of hydrogen-bond acceptors (Lipinski definition) is 0. The summed E-state index contributed by atoms with van der Waals surface area (Å²) in [7, 11) is 0. The number of hydrogen-bond donors (Lipinski definition) is 0. The minimum atomic E-state index is -0.660. The average Bonchev–Trinajstić information content (AvgIpc) is 2.67. The largest absolute Gasteiger partial charge is 0.102 e. The van der Waals surface area contributed by atoms with Gasteiger partial charge in [-0.25, -0.2) is 0 Å². The minimum Gasteiger partial charge on any atom is -0.102 e. The van der Waals surface area contributed by atoms with E-state index >= 15 is 0 Å². The maximum absolute atomic E-state index is 4.16. The van der Waals surface area contributed by atoms with E-state index in [9.17, 15) is 0 Å². The lowest BCUT2D eigenvalue weighted by molar-refractivity contribution is 0.250. The zero-order valence-corrected chi connectivity index (χ0v) is 15.1. The van der Waals surface area contributed by atoms with Gasteiger partial charge in [0.1, 0.15) is 0 Å². The van der Waals surface area contributed by atoms with Crippen LogP contribution in [0.15, 0.2) is 136 Å². The molecule has 0 aromatic rings. The van der Waals surface area contributed by atoms with E-state index in [1.54, 1.807) is 0 Å². The Morgan fingerprint density at radius 2 is 1.20 bits per heavy atom. The van der Waals surface area contributed by atoms with E-state index < -0.39 is 10.8 Å². The molecular weight excluding hydrogens is 300 g/mol. The maximum atomic E-state index is 4.16. The molecule has 0 N–H and O–H groups in total. The second-order valence-corrected chi connectivity index (χ2v) is 5.84. The summed E-state index contributed by atoms with van der Waals surface area (Å²) in [5.41, 5.74) is 2.55. The Balaban J connectivity index is 4.30. The van der Waals surface area contributed by atoms with Gasteiger partial charge in [0.2, 0.25) is 0 Å². The molecule has 1 aliphatic carbocycles. The van der Waals surface area contributed by atoms with Crippen LogP contribution in [-0.2, 0) is 0 Å². The van der Waals surface area contributed by atoms with Crippen LogP contribution in [0.1, 0.15) is 0 Å². The van der Waals surface area contributed by atoms with Gasteiger partial charge in [0, 0.05) is 16.7 Å². The van der Waals surface area contributed by atoms with Crippen LogP contribution in [0.3, 0.4) is 0 Å². The van der Waals surface area contributed by atoms with E-state index in [0.717, 1.165) is 22.3 Å². The lowest BCUT2D eigenvalue weighted by atomic mass is 9.49. The maximum Gasteiger partial charge on any atom is 0.0399 e. The normalized spacial score (nSPS) is 23.3. The Labute approximate surface area is 153 Å². The number of rotatable bonds is 10. The highest BCUT2D eigenvalue weighted by Gasteiger charge is 2.53. The molecule has 0 aromatic heterocycles. The van der Waals surface area contributed by atoms with Crippen molar-refractivity contribution in [3.63, 3.8) is 0 Å². The molecule has 1 rings (SSSR count). The lowest BCUT2D eigenvalue weighted by Gasteiger charge is -2.53. The topological polar surface area (TPSA) is 0 Å². The molecule has 0 spiro atoms. The fraction of sp³-hybridized carbons (Fsp3) is 0.120. The van der Waals surface area contributed by atoms with E-state index in [2.05, 4.69) is 59.2 Å². The molecule has 0 fully saturated rings. The summed E-state index contributed by atoms with van der Waals surface area (Å²) in [6.45, 7) is 36.4. The smallest absolute Gasteiger partial charge is 0.0399 e. The van der Waals surface area contributed by atoms with Crippen molar-refractivity contribution < 1.29 is 0 Å². The first-order chi connectivity index (χ1) is 12.0. The molecule has 0 saturated heterocycles. The monoisotopic (exact) mass is 328 g/mol. The van der Waals surface area contributed by atoms with E-state index in [1.165, 1.54) is 0 Å². The summed E-state index contributed by atoms with van der Waals surface area (Å²) < 4.78 is 0. The van der Waals surface area contributed by atoms with Crippen molar-refractivity contribution in [2.75, 3.05) is 0 Å². The standard InChI is InChI=1S/C25H28/c1-10-19-20(11-2)22(13-4)25(18-9,23(14-5)21(19)12-3)24(15-6,16-7)17-8/h10-18,22H,1-9H2. The van der Waals surface area contributed by atoms with Gasteiger partial charge in [-0.05, 0) is 22.3 Å². The highest BCUT2D eigenvalue weighted by Crippen LogP contribution is 2.61. The summed E-state index contributed by atoms with van der Waals surface area (Å²) in [6, 6.07) is 0. The summed E-state index contributed by atoms with van der Waals surface area (Å²) in [5, 5.41) is 0. The first kappa shape index (κ1) is 20.2. The molecule has 0 amide bonds. The molecule has 1 aliphatic rings. The van der Waals surface area contributed by atoms with E-state index in [-0.39, 0.29) is 5.92 Å². The van der Waals surface area contributed by atoms with Crippen LogP contribution in [0.5, 0.6) is 0 Å². The van der Waals surface area contributed by atoms with Gasteiger partial charge in [0.15, 0.2) is 0 Å². The molecule has 0 aliphatic heterocycles. The van der Waals surface area contributed by atoms with E-state index in [4.69, 9.17) is 0 Å². The third kappa shape index (κ3) is 2.46. The van der Waals surface area contributed by atoms with Crippen molar-refractivity contribution in [2.45, 2.75) is 0 Å². The van der Waals surface area contributed by atoms with Crippen LogP contribution in [0.2, 0.25) is 0 Å². The zero-order valence-electron chi connectivity index (χ0n) is 15.1. The van der Waals surface area contributed by atoms with E-state index in [0.29, 0.717) is 0 Å². The van der Waals surface area contributed by atoms with Crippen LogP contribution in [0, 0.1) is 16.7 Å². The van der Waals surface area contributed by atoms with Crippen LogP contribution < -0.4 is 0 Å². The molecule has 0 saturated carbocycles. The van der Waals surface area contributed by atoms with Crippen molar-refractivity contribution >= 4 is 0 Å². The Morgan fingerprint density at radius 1 is 0.680 bits per heavy atom. The predicted octanol–water partition coefficient (Wildman–Crippen LogP) is 6.86. The van der Waals surface area contributed by atoms with Gasteiger partial charge < -0.3 is 0 Å². The second-order valence-electron chi connectivity index (χ2n) is 5.84. The summed E-state index contributed by atoms with van der Waals surface area (Å²) in [5.74, 6) is -0.138. The molecule has 2 atom stereocenters. The van der Waals surface area contributed by atoms with Crippen molar-refractivity contribution in [1.29, 1.82) is 0 Å². The summed E-state index contributed by atoms with van der Waals surface area (Å²) in [4.78, 5) is 0. The van der Waals surface area contributed by atoms with Gasteiger partial charge in [0.25, 0.3) is 0 Å². The second kappa shape index (κ2) is 7.81. The fourth-order valence-corrected chi connectivity index (χ4v) is 4.05. The average molecular weight is 328 g/mol. The molecule has 0 heteroatoms. The summed E-state index contributed by atoms with van der Waals surface area (Å²) in [6.07, 6.45) is 16.6. The fourth-order valence-electron chi connectivity index (χ4n) is 4.05. The van der Waals surface area contributed by atoms with Crippen molar-refractivity contribution in [2.24, 2.45) is 16.7 Å². The van der Waals surface area contributed by atoms with Crippen LogP contribution in [0.4, 0.5) is 0 Å². The Bertz CT molecular complexity index is 710. The molecule has 0 aromatic carbocycles. The zero-order chi connectivity index (χ0) is 19.3. The Hall–Kier alpha value is -2.86. The molecular formula is C25H28. The highest BCUT2D eigenvalue weighted by atomic mass is 14.5. The van der Waals surface area contributed by atoms with Crippen LogP contribution in [-0.4, -0.2) is 0 Å². The quantitative estimate of drug-likeness (QED) is 0.384. The first-order valence-corrected chi connectivity index (χ1v) is 8.14. The lowest BCUT2D eigenvalue weighted by Crippen LogP contribution is -2.46. The van der Waals surface area contributed by atoms with Crippen molar-refractivity contribution in [1.82, 2.24) is 0 Å². The Kier molecular flexibility index (Phi) is 6.30. The van der Waals surface area contributed by atoms with Gasteiger partial charge in [-0.3, -0.25) is 0 Å². The minimum absolute atomic E-state index is 0.138. The molecule has 0 bridgehead atoms. The predicted molar refractivity (Wildman–Crippen MR) is 114 cm³/mol. The highest BCUT2D eigenvalue weighted by molar-refractivity contribution is 5.65. The van der Waals surface area contributed by atoms with Crippen molar-refractivity contribution in [3.05, 3.63) is 136 Å². The van der Waals surface area contributed by atoms with Gasteiger partial charge in [-0.2, -0.15) is 0 Å². The van der Waals surface area contributed by atoms with Crippen LogP contribution in [0.25, 0.3) is 0 Å². The number of allylic oxidation sites excluding steroid dienone is 13. The third-order valence-electron chi connectivity index (χ3n) is 5.28. The molecule has 0 heterocycles. The van der Waals surface area contributed by atoms with Crippen LogP contribution >= 0.6 is 0 Å². The first-order valence-electron chi connectivity index (χ1n) is 8.14. The van der Waals surface area contributed by atoms with Gasteiger partial charge in [-0.1, -0.05) is 81.0 Å². The molecule has 2 unspecified atom stereocenters. The molecule has 128 valence electrons. The van der Waals surface area contributed by atoms with Gasteiger partial charge in [-0.15, -0.1) is 32.9 Å². The SMILES string of the molecule is C=CC1=C(C=C)C(C=C)C(C=C)(C(C=C)(C=C)C=C)C(C=C)=C1C=C. The summed E-state index contributed by atoms with van der Waals surface area (Å²) >= 11 is 0. The molecule has 0 nitrogen and oxygen atoms in total.